The summed E-state index contributed by atoms with van der Waals surface area (Å²) in [6.07, 6.45) is 0. The molecule has 0 aliphatic rings. The van der Waals surface area contributed by atoms with E-state index in [-0.39, 0.29) is 12.4 Å². The average molecular weight is 298 g/mol. The van der Waals surface area contributed by atoms with E-state index in [0.717, 1.165) is 22.3 Å². The van der Waals surface area contributed by atoms with Gasteiger partial charge in [-0.1, -0.05) is 6.07 Å². The van der Waals surface area contributed by atoms with Crippen molar-refractivity contribution in [1.82, 2.24) is 14.5 Å². The molecule has 0 saturated heterocycles. The van der Waals surface area contributed by atoms with Gasteiger partial charge in [-0.25, -0.2) is 4.98 Å². The summed E-state index contributed by atoms with van der Waals surface area (Å²) >= 11 is 0. The maximum absolute atomic E-state index is 10.0. The van der Waals surface area contributed by atoms with Crippen molar-refractivity contribution in [3.63, 3.8) is 0 Å². The number of imidazole rings is 1. The number of pyridine rings is 1. The Hall–Kier alpha value is -2.60. The predicted molar refractivity (Wildman–Crippen MR) is 84.9 cm³/mol. The molecule has 2 aromatic heterocycles. The number of nitrogens with one attached hydrogen (secondary N) is 1. The highest BCUT2D eigenvalue weighted by molar-refractivity contribution is 5.79. The summed E-state index contributed by atoms with van der Waals surface area (Å²) in [7, 11) is 1.80. The van der Waals surface area contributed by atoms with Crippen LogP contribution in [0.25, 0.3) is 11.0 Å². The largest absolute Gasteiger partial charge is 0.506 e. The van der Waals surface area contributed by atoms with Gasteiger partial charge in [0, 0.05) is 12.7 Å². The molecule has 6 heteroatoms. The molecule has 0 aliphatic heterocycles. The zero-order chi connectivity index (χ0) is 15.7. The van der Waals surface area contributed by atoms with E-state index >= 15 is 0 Å². The number of aliphatic hydroxyl groups is 1. The van der Waals surface area contributed by atoms with Crippen molar-refractivity contribution in [3.8, 4) is 5.75 Å². The molecule has 3 N–H and O–H groups in total. The minimum atomic E-state index is -0.0239. The van der Waals surface area contributed by atoms with Gasteiger partial charge in [0.25, 0.3) is 0 Å². The number of hydrogen-bond acceptors (Lipinski definition) is 5. The number of hydrogen-bond donors (Lipinski definition) is 3. The summed E-state index contributed by atoms with van der Waals surface area (Å²) in [4.78, 5) is 8.91. The van der Waals surface area contributed by atoms with Crippen LogP contribution in [0.4, 0.5) is 5.95 Å². The fourth-order valence-electron chi connectivity index (χ4n) is 2.49. The van der Waals surface area contributed by atoms with Gasteiger partial charge in [0.15, 0.2) is 0 Å². The lowest BCUT2D eigenvalue weighted by molar-refractivity contribution is 0.282. The molecule has 0 saturated carbocycles. The van der Waals surface area contributed by atoms with E-state index in [1.54, 1.807) is 19.2 Å². The molecule has 0 amide bonds. The Balaban J connectivity index is 2.13. The molecule has 22 heavy (non-hydrogen) atoms. The number of anilines is 1. The van der Waals surface area contributed by atoms with Gasteiger partial charge in [-0.05, 0) is 36.8 Å². The topological polar surface area (TPSA) is 83.2 Å². The average Bonchev–Trinajstić information content (AvgIpc) is 2.88. The van der Waals surface area contributed by atoms with Crippen molar-refractivity contribution in [2.45, 2.75) is 20.1 Å². The zero-order valence-corrected chi connectivity index (χ0v) is 12.5. The quantitative estimate of drug-likeness (QED) is 0.686. The smallest absolute Gasteiger partial charge is 0.203 e. The van der Waals surface area contributed by atoms with Gasteiger partial charge >= 0.3 is 0 Å². The van der Waals surface area contributed by atoms with Gasteiger partial charge in [0.2, 0.25) is 5.95 Å². The van der Waals surface area contributed by atoms with Crippen LogP contribution in [0.2, 0.25) is 0 Å². The molecular formula is C16H18N4O2. The molecule has 0 aliphatic carbocycles. The molecule has 0 atom stereocenters. The number of aryl methyl sites for hydroxylation is 1. The van der Waals surface area contributed by atoms with E-state index in [2.05, 4.69) is 15.3 Å². The van der Waals surface area contributed by atoms with Crippen molar-refractivity contribution in [2.75, 3.05) is 12.4 Å². The Morgan fingerprint density at radius 3 is 2.73 bits per heavy atom. The maximum Gasteiger partial charge on any atom is 0.203 e. The molecule has 3 rings (SSSR count). The third-order valence-corrected chi connectivity index (χ3v) is 3.62. The van der Waals surface area contributed by atoms with Crippen LogP contribution in [0, 0.1) is 6.92 Å². The molecule has 0 fully saturated rings. The molecule has 0 spiro atoms. The first-order valence-corrected chi connectivity index (χ1v) is 7.05. The second-order valence-electron chi connectivity index (χ2n) is 5.17. The van der Waals surface area contributed by atoms with Crippen LogP contribution < -0.4 is 5.32 Å². The molecule has 0 radical (unpaired) electrons. The van der Waals surface area contributed by atoms with Crippen molar-refractivity contribution in [2.24, 2.45) is 0 Å². The van der Waals surface area contributed by atoms with Gasteiger partial charge in [-0.15, -0.1) is 0 Å². The van der Waals surface area contributed by atoms with E-state index in [4.69, 9.17) is 0 Å². The van der Waals surface area contributed by atoms with Crippen LogP contribution in [0.15, 0.2) is 30.3 Å². The molecule has 3 aromatic rings. The standard InChI is InChI=1S/C16H18N4O2/c1-10-3-6-15(22)13(18-10)8-20-14-7-11(9-21)4-5-12(14)19-16(20)17-2/h3-7,21-22H,8-9H2,1-2H3,(H,17,19). The number of aromatic hydroxyl groups is 1. The van der Waals surface area contributed by atoms with E-state index in [0.29, 0.717) is 18.2 Å². The van der Waals surface area contributed by atoms with E-state index in [1.807, 2.05) is 29.7 Å². The van der Waals surface area contributed by atoms with E-state index in [1.165, 1.54) is 0 Å². The highest BCUT2D eigenvalue weighted by atomic mass is 16.3. The molecule has 6 nitrogen and oxygen atoms in total. The summed E-state index contributed by atoms with van der Waals surface area (Å²) in [6, 6.07) is 9.04. The van der Waals surface area contributed by atoms with E-state index < -0.39 is 0 Å². The summed E-state index contributed by atoms with van der Waals surface area (Å²) in [5, 5.41) is 22.4. The Morgan fingerprint density at radius 2 is 2.00 bits per heavy atom. The minimum absolute atomic E-state index is 0.0239. The Morgan fingerprint density at radius 1 is 1.18 bits per heavy atom. The molecule has 1 aromatic carbocycles. The Kier molecular flexibility index (Phi) is 3.68. The second kappa shape index (κ2) is 5.65. The lowest BCUT2D eigenvalue weighted by atomic mass is 10.2. The SMILES string of the molecule is CNc1nc2ccc(CO)cc2n1Cc1nc(C)ccc1O. The van der Waals surface area contributed by atoms with Gasteiger partial charge in [-0.3, -0.25) is 4.98 Å². The lowest BCUT2D eigenvalue weighted by Gasteiger charge is -2.10. The number of aromatic nitrogens is 3. The summed E-state index contributed by atoms with van der Waals surface area (Å²) in [5.41, 5.74) is 3.97. The van der Waals surface area contributed by atoms with Crippen LogP contribution >= 0.6 is 0 Å². The van der Waals surface area contributed by atoms with Gasteiger partial charge in [-0.2, -0.15) is 0 Å². The summed E-state index contributed by atoms with van der Waals surface area (Å²) in [5.74, 6) is 0.848. The van der Waals surface area contributed by atoms with Crippen molar-refractivity contribution >= 4 is 17.0 Å². The fraction of sp³-hybridized carbons (Fsp3) is 0.250. The lowest BCUT2D eigenvalue weighted by Crippen LogP contribution is -2.07. The molecule has 2 heterocycles. The van der Waals surface area contributed by atoms with Crippen LogP contribution in [0.5, 0.6) is 5.75 Å². The third kappa shape index (κ3) is 2.48. The first kappa shape index (κ1) is 14.3. The first-order valence-electron chi connectivity index (χ1n) is 7.05. The van der Waals surface area contributed by atoms with E-state index in [9.17, 15) is 10.2 Å². The van der Waals surface area contributed by atoms with Crippen molar-refractivity contribution in [3.05, 3.63) is 47.3 Å². The number of rotatable bonds is 4. The Labute approximate surface area is 128 Å². The molecular weight excluding hydrogens is 280 g/mol. The van der Waals surface area contributed by atoms with Crippen molar-refractivity contribution < 1.29 is 10.2 Å². The van der Waals surface area contributed by atoms with Gasteiger partial charge in [0.05, 0.1) is 24.2 Å². The highest BCUT2D eigenvalue weighted by Crippen LogP contribution is 2.24. The fourth-order valence-corrected chi connectivity index (χ4v) is 2.49. The molecule has 0 bridgehead atoms. The number of fused-ring (bicyclic) bond motifs is 1. The number of aliphatic hydroxyl groups excluding tert-OH is 1. The molecule has 0 unspecified atom stereocenters. The zero-order valence-electron chi connectivity index (χ0n) is 12.5. The van der Waals surface area contributed by atoms with Crippen molar-refractivity contribution in [1.29, 1.82) is 0 Å². The van der Waals surface area contributed by atoms with Crippen LogP contribution in [0.3, 0.4) is 0 Å². The number of benzene rings is 1. The van der Waals surface area contributed by atoms with Gasteiger partial charge in [0.1, 0.15) is 11.4 Å². The first-order chi connectivity index (χ1) is 10.6. The van der Waals surface area contributed by atoms with Crippen LogP contribution in [0.1, 0.15) is 17.0 Å². The third-order valence-electron chi connectivity index (χ3n) is 3.62. The Bertz CT molecular complexity index is 826. The van der Waals surface area contributed by atoms with Crippen LogP contribution in [-0.4, -0.2) is 31.8 Å². The predicted octanol–water partition coefficient (Wildman–Crippen LogP) is 2.03. The van der Waals surface area contributed by atoms with Gasteiger partial charge < -0.3 is 20.1 Å². The molecule has 114 valence electrons. The maximum atomic E-state index is 10.0. The number of nitrogens with zero attached hydrogens (tertiary/aromatic N) is 3. The highest BCUT2D eigenvalue weighted by Gasteiger charge is 2.13. The summed E-state index contributed by atoms with van der Waals surface area (Å²) < 4.78 is 1.94. The van der Waals surface area contributed by atoms with Crippen LogP contribution in [-0.2, 0) is 13.2 Å². The normalized spacial score (nSPS) is 11.0. The minimum Gasteiger partial charge on any atom is -0.506 e. The monoisotopic (exact) mass is 298 g/mol. The summed E-state index contributed by atoms with van der Waals surface area (Å²) in [6.45, 7) is 2.26. The second-order valence-corrected chi connectivity index (χ2v) is 5.17.